The van der Waals surface area contributed by atoms with E-state index in [4.69, 9.17) is 0 Å². The predicted octanol–water partition coefficient (Wildman–Crippen LogP) is 1.86. The van der Waals surface area contributed by atoms with E-state index in [1.54, 1.807) is 11.0 Å². The third-order valence-electron chi connectivity index (χ3n) is 3.28. The Morgan fingerprint density at radius 2 is 2.17 bits per heavy atom. The number of aryl methyl sites for hydroxylation is 1. The van der Waals surface area contributed by atoms with Crippen molar-refractivity contribution >= 4 is 12.0 Å². The van der Waals surface area contributed by atoms with Crippen molar-refractivity contribution in [2.24, 2.45) is 0 Å². The molecule has 1 saturated heterocycles. The minimum absolute atomic E-state index is 0.0221. The van der Waals surface area contributed by atoms with E-state index in [2.05, 4.69) is 19.1 Å². The number of hydrogen-bond acceptors (Lipinski definition) is 2. The number of nitrogens with zero attached hydrogens (tertiary/aromatic N) is 1. The zero-order valence-corrected chi connectivity index (χ0v) is 10.7. The van der Waals surface area contributed by atoms with Gasteiger partial charge in [0, 0.05) is 19.2 Å². The summed E-state index contributed by atoms with van der Waals surface area (Å²) in [6.45, 7) is 3.23. The third kappa shape index (κ3) is 3.20. The Balaban J connectivity index is 1.95. The molecule has 0 radical (unpaired) electrons. The molecule has 1 amide bonds. The van der Waals surface area contributed by atoms with Gasteiger partial charge in [0.1, 0.15) is 0 Å². The zero-order valence-electron chi connectivity index (χ0n) is 10.7. The molecule has 0 spiro atoms. The highest BCUT2D eigenvalue weighted by molar-refractivity contribution is 5.92. The molecule has 1 heterocycles. The molecular formula is C15H19NO2. The molecule has 3 heteroatoms. The van der Waals surface area contributed by atoms with Crippen molar-refractivity contribution in [3.63, 3.8) is 0 Å². The van der Waals surface area contributed by atoms with Crippen LogP contribution in [0.25, 0.3) is 6.08 Å². The second-order valence-corrected chi connectivity index (χ2v) is 4.66. The lowest BCUT2D eigenvalue weighted by atomic mass is 10.1. The van der Waals surface area contributed by atoms with Crippen LogP contribution in [0.1, 0.15) is 24.5 Å². The van der Waals surface area contributed by atoms with E-state index in [1.807, 2.05) is 18.2 Å². The van der Waals surface area contributed by atoms with Crippen LogP contribution in [0.2, 0.25) is 0 Å². The van der Waals surface area contributed by atoms with Crippen LogP contribution in [0.5, 0.6) is 0 Å². The maximum atomic E-state index is 11.8. The van der Waals surface area contributed by atoms with Crippen molar-refractivity contribution < 1.29 is 9.90 Å². The minimum atomic E-state index is -0.355. The standard InChI is InChI=1S/C15H19NO2/c1-2-12-3-5-13(6-4-12)7-8-15(18)16-10-9-14(17)11-16/h3-8,14,17H,2,9-11H2,1H3/t14-/m1/s1. The van der Waals surface area contributed by atoms with Gasteiger partial charge in [-0.2, -0.15) is 0 Å². The molecule has 96 valence electrons. The van der Waals surface area contributed by atoms with Gasteiger partial charge in [-0.25, -0.2) is 0 Å². The van der Waals surface area contributed by atoms with Crippen molar-refractivity contribution in [1.82, 2.24) is 4.90 Å². The minimum Gasteiger partial charge on any atom is -0.391 e. The van der Waals surface area contributed by atoms with Crippen LogP contribution in [0.15, 0.2) is 30.3 Å². The maximum absolute atomic E-state index is 11.8. The van der Waals surface area contributed by atoms with Crippen LogP contribution in [0.4, 0.5) is 0 Å². The summed E-state index contributed by atoms with van der Waals surface area (Å²) in [7, 11) is 0. The number of amides is 1. The smallest absolute Gasteiger partial charge is 0.246 e. The summed E-state index contributed by atoms with van der Waals surface area (Å²) in [6, 6.07) is 8.18. The fourth-order valence-electron chi connectivity index (χ4n) is 2.08. The van der Waals surface area contributed by atoms with Crippen molar-refractivity contribution in [3.8, 4) is 0 Å². The van der Waals surface area contributed by atoms with Gasteiger partial charge in [0.2, 0.25) is 5.91 Å². The fraction of sp³-hybridized carbons (Fsp3) is 0.400. The van der Waals surface area contributed by atoms with E-state index in [0.29, 0.717) is 19.5 Å². The molecule has 18 heavy (non-hydrogen) atoms. The van der Waals surface area contributed by atoms with E-state index in [0.717, 1.165) is 12.0 Å². The molecule has 1 aliphatic heterocycles. The summed E-state index contributed by atoms with van der Waals surface area (Å²) in [5.41, 5.74) is 2.32. The van der Waals surface area contributed by atoms with Gasteiger partial charge in [-0.15, -0.1) is 0 Å². The summed E-state index contributed by atoms with van der Waals surface area (Å²) in [5, 5.41) is 9.37. The SMILES string of the molecule is CCc1ccc(C=CC(=O)N2CC[C@@H](O)C2)cc1. The number of aliphatic hydroxyl groups is 1. The van der Waals surface area contributed by atoms with Crippen molar-refractivity contribution in [1.29, 1.82) is 0 Å². The lowest BCUT2D eigenvalue weighted by Crippen LogP contribution is -2.27. The number of β-amino-alcohol motifs (C(OH)–C–C–N with tert-alkyl or cyclic N) is 1. The zero-order chi connectivity index (χ0) is 13.0. The Kier molecular flexibility index (Phi) is 4.15. The van der Waals surface area contributed by atoms with Gasteiger partial charge >= 0.3 is 0 Å². The number of hydrogen-bond donors (Lipinski definition) is 1. The Morgan fingerprint density at radius 1 is 1.44 bits per heavy atom. The van der Waals surface area contributed by atoms with Crippen LogP contribution >= 0.6 is 0 Å². The summed E-state index contributed by atoms with van der Waals surface area (Å²) in [4.78, 5) is 13.5. The summed E-state index contributed by atoms with van der Waals surface area (Å²) in [5.74, 6) is -0.0221. The average Bonchev–Trinajstić information content (AvgIpc) is 2.83. The van der Waals surface area contributed by atoms with Gasteiger partial charge < -0.3 is 10.0 Å². The number of rotatable bonds is 3. The first-order valence-electron chi connectivity index (χ1n) is 6.43. The average molecular weight is 245 g/mol. The van der Waals surface area contributed by atoms with E-state index in [1.165, 1.54) is 5.56 Å². The second-order valence-electron chi connectivity index (χ2n) is 4.66. The first-order valence-corrected chi connectivity index (χ1v) is 6.43. The Morgan fingerprint density at radius 3 is 2.72 bits per heavy atom. The third-order valence-corrected chi connectivity index (χ3v) is 3.28. The predicted molar refractivity (Wildman–Crippen MR) is 72.1 cm³/mol. The first kappa shape index (κ1) is 12.8. The molecule has 3 nitrogen and oxygen atoms in total. The largest absolute Gasteiger partial charge is 0.391 e. The van der Waals surface area contributed by atoms with E-state index >= 15 is 0 Å². The van der Waals surface area contributed by atoms with Crippen LogP contribution in [0, 0.1) is 0 Å². The van der Waals surface area contributed by atoms with Gasteiger partial charge in [-0.3, -0.25) is 4.79 Å². The molecule has 1 aromatic rings. The lowest BCUT2D eigenvalue weighted by Gasteiger charge is -2.12. The van der Waals surface area contributed by atoms with Crippen LogP contribution in [-0.4, -0.2) is 35.1 Å². The fourth-order valence-corrected chi connectivity index (χ4v) is 2.08. The number of aliphatic hydroxyl groups excluding tert-OH is 1. The number of carbonyl (C=O) groups is 1. The highest BCUT2D eigenvalue weighted by atomic mass is 16.3. The topological polar surface area (TPSA) is 40.5 Å². The quantitative estimate of drug-likeness (QED) is 0.826. The summed E-state index contributed by atoms with van der Waals surface area (Å²) < 4.78 is 0. The number of likely N-dealkylation sites (tertiary alicyclic amines) is 1. The Bertz CT molecular complexity index is 436. The summed E-state index contributed by atoms with van der Waals surface area (Å²) >= 11 is 0. The highest BCUT2D eigenvalue weighted by Gasteiger charge is 2.22. The van der Waals surface area contributed by atoms with Gasteiger partial charge in [-0.1, -0.05) is 31.2 Å². The van der Waals surface area contributed by atoms with Crippen LogP contribution in [-0.2, 0) is 11.2 Å². The molecular weight excluding hydrogens is 226 g/mol. The molecule has 0 aliphatic carbocycles. The maximum Gasteiger partial charge on any atom is 0.246 e. The number of benzene rings is 1. The highest BCUT2D eigenvalue weighted by Crippen LogP contribution is 2.11. The molecule has 0 aromatic heterocycles. The molecule has 0 bridgehead atoms. The lowest BCUT2D eigenvalue weighted by molar-refractivity contribution is -0.125. The van der Waals surface area contributed by atoms with E-state index in [9.17, 15) is 9.90 Å². The molecule has 0 saturated carbocycles. The molecule has 1 atom stereocenters. The Labute approximate surface area is 108 Å². The molecule has 0 unspecified atom stereocenters. The van der Waals surface area contributed by atoms with Crippen molar-refractivity contribution in [3.05, 3.63) is 41.5 Å². The Hall–Kier alpha value is -1.61. The van der Waals surface area contributed by atoms with Crippen molar-refractivity contribution in [2.75, 3.05) is 13.1 Å². The van der Waals surface area contributed by atoms with E-state index in [-0.39, 0.29) is 12.0 Å². The van der Waals surface area contributed by atoms with Crippen molar-refractivity contribution in [2.45, 2.75) is 25.9 Å². The molecule has 2 rings (SSSR count). The van der Waals surface area contributed by atoms with Crippen LogP contribution in [0.3, 0.4) is 0 Å². The first-order chi connectivity index (χ1) is 8.69. The summed E-state index contributed by atoms with van der Waals surface area (Å²) in [6.07, 6.45) is 4.76. The van der Waals surface area contributed by atoms with Gasteiger partial charge in [-0.05, 0) is 30.0 Å². The van der Waals surface area contributed by atoms with Gasteiger partial charge in [0.25, 0.3) is 0 Å². The number of carbonyl (C=O) groups excluding carboxylic acids is 1. The second kappa shape index (κ2) is 5.83. The monoisotopic (exact) mass is 245 g/mol. The van der Waals surface area contributed by atoms with E-state index < -0.39 is 0 Å². The molecule has 1 N–H and O–H groups in total. The van der Waals surface area contributed by atoms with Gasteiger partial charge in [0.15, 0.2) is 0 Å². The molecule has 1 aromatic carbocycles. The molecule has 1 fully saturated rings. The normalized spacial score (nSPS) is 19.7. The van der Waals surface area contributed by atoms with Gasteiger partial charge in [0.05, 0.1) is 6.10 Å². The van der Waals surface area contributed by atoms with Crippen LogP contribution < -0.4 is 0 Å². The molecule has 1 aliphatic rings.